The molecule has 10 heteroatoms. The first-order valence-electron chi connectivity index (χ1n) is 13.7. The van der Waals surface area contributed by atoms with Gasteiger partial charge in [0.25, 0.3) is 0 Å². The third kappa shape index (κ3) is 6.17. The minimum atomic E-state index is -2.23. The van der Waals surface area contributed by atoms with E-state index < -0.39 is 64.9 Å². The van der Waals surface area contributed by atoms with Gasteiger partial charge in [0.2, 0.25) is 5.60 Å². The van der Waals surface area contributed by atoms with Crippen molar-refractivity contribution in [2.45, 2.75) is 123 Å². The molecule has 40 heavy (non-hydrogen) atoms. The van der Waals surface area contributed by atoms with Crippen molar-refractivity contribution in [1.82, 2.24) is 0 Å². The Bertz CT molecular complexity index is 1150. The van der Waals surface area contributed by atoms with Crippen molar-refractivity contribution in [2.75, 3.05) is 0 Å². The van der Waals surface area contributed by atoms with Gasteiger partial charge in [0.15, 0.2) is 5.60 Å². The van der Waals surface area contributed by atoms with Gasteiger partial charge in [-0.15, -0.1) is 0 Å². The lowest BCUT2D eigenvalue weighted by atomic mass is 9.77. The molecule has 10 nitrogen and oxygen atoms in total. The molecule has 2 heterocycles. The minimum absolute atomic E-state index is 0.0223. The number of ether oxygens (including phenoxy) is 5. The lowest BCUT2D eigenvalue weighted by Gasteiger charge is -2.36. The number of epoxide rings is 1. The molecule has 0 aromatic rings. The molecule has 2 saturated heterocycles. The standard InChI is InChI=1S/C30H42O10/c1-10-17(4)24(31)36-19(6)29(8,35)26(33)37-20-14-16(3)12-13-22-28(7,39-22)15-21-23(20)30(9,27(34)38-21)40-25(32)18(5)11-2/h10-11,14,19-23,35H,12-13,15H2,1-9H3/b16-14+,17-10+,18-11-/t19-,20-,21+,22+,23-,28-,29-,30+/m0/s1. The molecule has 2 aliphatic heterocycles. The van der Waals surface area contributed by atoms with E-state index in [2.05, 4.69) is 0 Å². The van der Waals surface area contributed by atoms with Crippen LogP contribution in [0.25, 0.3) is 0 Å². The number of rotatable bonds is 7. The first-order chi connectivity index (χ1) is 18.5. The minimum Gasteiger partial charge on any atom is -0.459 e. The Morgan fingerprint density at radius 1 is 1.15 bits per heavy atom. The molecule has 3 aliphatic rings. The van der Waals surface area contributed by atoms with Gasteiger partial charge in [-0.25, -0.2) is 19.2 Å². The quantitative estimate of drug-likeness (QED) is 0.161. The Labute approximate surface area is 235 Å². The highest BCUT2D eigenvalue weighted by Crippen LogP contribution is 2.50. The molecule has 0 unspecified atom stereocenters. The molecule has 0 aromatic carbocycles. The van der Waals surface area contributed by atoms with Gasteiger partial charge in [-0.1, -0.05) is 17.7 Å². The van der Waals surface area contributed by atoms with E-state index in [1.54, 1.807) is 45.9 Å². The summed E-state index contributed by atoms with van der Waals surface area (Å²) in [4.78, 5) is 51.9. The van der Waals surface area contributed by atoms with E-state index in [0.29, 0.717) is 24.0 Å². The normalized spacial score (nSPS) is 36.0. The van der Waals surface area contributed by atoms with E-state index in [-0.39, 0.29) is 6.10 Å². The monoisotopic (exact) mass is 562 g/mol. The molecule has 0 radical (unpaired) electrons. The molecule has 1 aliphatic carbocycles. The van der Waals surface area contributed by atoms with Crippen molar-refractivity contribution in [3.8, 4) is 0 Å². The second-order valence-electron chi connectivity index (χ2n) is 11.6. The first kappa shape index (κ1) is 31.5. The average molecular weight is 563 g/mol. The fraction of sp³-hybridized carbons (Fsp3) is 0.667. The highest BCUT2D eigenvalue weighted by Gasteiger charge is 2.65. The predicted molar refractivity (Wildman–Crippen MR) is 144 cm³/mol. The van der Waals surface area contributed by atoms with E-state index in [1.165, 1.54) is 20.8 Å². The summed E-state index contributed by atoms with van der Waals surface area (Å²) in [7, 11) is 0. The maximum atomic E-state index is 13.5. The van der Waals surface area contributed by atoms with Gasteiger partial charge < -0.3 is 28.8 Å². The van der Waals surface area contributed by atoms with Crippen molar-refractivity contribution >= 4 is 23.9 Å². The molecule has 0 amide bonds. The van der Waals surface area contributed by atoms with E-state index >= 15 is 0 Å². The molecule has 0 bridgehead atoms. The summed E-state index contributed by atoms with van der Waals surface area (Å²) in [6.45, 7) is 14.3. The highest BCUT2D eigenvalue weighted by atomic mass is 16.6. The third-order valence-electron chi connectivity index (χ3n) is 8.49. The van der Waals surface area contributed by atoms with Crippen LogP contribution in [0.2, 0.25) is 0 Å². The molecular weight excluding hydrogens is 520 g/mol. The average Bonchev–Trinajstić information content (AvgIpc) is 3.46. The van der Waals surface area contributed by atoms with Crippen LogP contribution >= 0.6 is 0 Å². The molecule has 222 valence electrons. The van der Waals surface area contributed by atoms with Crippen molar-refractivity contribution in [2.24, 2.45) is 5.92 Å². The summed E-state index contributed by atoms with van der Waals surface area (Å²) in [5, 5.41) is 11.1. The van der Waals surface area contributed by atoms with Gasteiger partial charge in [0, 0.05) is 17.6 Å². The molecule has 1 N–H and O–H groups in total. The Balaban J connectivity index is 2.01. The van der Waals surface area contributed by atoms with Crippen LogP contribution in [0.3, 0.4) is 0 Å². The summed E-state index contributed by atoms with van der Waals surface area (Å²) < 4.78 is 28.7. The molecule has 3 rings (SSSR count). The van der Waals surface area contributed by atoms with Crippen molar-refractivity contribution in [3.63, 3.8) is 0 Å². The molecule has 2 fully saturated rings. The summed E-state index contributed by atoms with van der Waals surface area (Å²) in [5.41, 5.74) is -3.12. The lowest BCUT2D eigenvalue weighted by Crippen LogP contribution is -2.54. The number of carbonyl (C=O) groups excluding carboxylic acids is 4. The molecule has 0 aromatic heterocycles. The Morgan fingerprint density at radius 2 is 1.75 bits per heavy atom. The Hall–Kier alpha value is -2.98. The number of fused-ring (bicyclic) bond motifs is 2. The maximum Gasteiger partial charge on any atom is 0.351 e. The van der Waals surface area contributed by atoms with Crippen molar-refractivity contribution < 1.29 is 48.0 Å². The molecule has 0 spiro atoms. The second kappa shape index (κ2) is 11.5. The number of hydrogen-bond acceptors (Lipinski definition) is 10. The predicted octanol–water partition coefficient (Wildman–Crippen LogP) is 3.64. The first-order valence-corrected chi connectivity index (χ1v) is 13.7. The van der Waals surface area contributed by atoms with Gasteiger partial charge in [-0.05, 0) is 81.2 Å². The van der Waals surface area contributed by atoms with Crippen LogP contribution in [0.5, 0.6) is 0 Å². The molecular formula is C30H42O10. The fourth-order valence-electron chi connectivity index (χ4n) is 5.08. The zero-order valence-corrected chi connectivity index (χ0v) is 24.9. The van der Waals surface area contributed by atoms with Crippen molar-refractivity contribution in [3.05, 3.63) is 34.9 Å². The molecule has 0 saturated carbocycles. The van der Waals surface area contributed by atoms with Crippen LogP contribution in [0.1, 0.15) is 81.6 Å². The van der Waals surface area contributed by atoms with Crippen molar-refractivity contribution in [1.29, 1.82) is 0 Å². The van der Waals surface area contributed by atoms with Gasteiger partial charge in [0.1, 0.15) is 18.3 Å². The SMILES string of the molecule is C/C=C(/C)C(=O)O[C@@]1(C)C(=O)O[C@@H]2C[C@]3(C)O[C@@H]3CC/C(C)=C/[C@H](OC(=O)[C@@](C)(O)[C@H](C)OC(=O)/C(C)=C/C)[C@@H]21. The topological polar surface area (TPSA) is 138 Å². The maximum absolute atomic E-state index is 13.5. The largest absolute Gasteiger partial charge is 0.459 e. The van der Waals surface area contributed by atoms with Gasteiger partial charge in [0.05, 0.1) is 17.6 Å². The van der Waals surface area contributed by atoms with Crippen LogP contribution in [0.4, 0.5) is 0 Å². The third-order valence-corrected chi connectivity index (χ3v) is 8.49. The number of carbonyl (C=O) groups is 4. The number of allylic oxidation sites excluding steroid dienone is 3. The Kier molecular flexibility index (Phi) is 9.06. The zero-order valence-electron chi connectivity index (χ0n) is 24.9. The highest BCUT2D eigenvalue weighted by molar-refractivity contribution is 5.92. The van der Waals surface area contributed by atoms with E-state index in [9.17, 15) is 24.3 Å². The Morgan fingerprint density at radius 3 is 2.35 bits per heavy atom. The summed E-state index contributed by atoms with van der Waals surface area (Å²) in [5.74, 6) is -4.17. The van der Waals surface area contributed by atoms with Gasteiger partial charge in [-0.3, -0.25) is 0 Å². The zero-order chi connectivity index (χ0) is 30.2. The van der Waals surface area contributed by atoms with Crippen LogP contribution in [0, 0.1) is 5.92 Å². The van der Waals surface area contributed by atoms with Gasteiger partial charge >= 0.3 is 23.9 Å². The lowest BCUT2D eigenvalue weighted by molar-refractivity contribution is -0.190. The number of hydrogen-bond donors (Lipinski definition) is 1. The van der Waals surface area contributed by atoms with Crippen LogP contribution in [0.15, 0.2) is 34.9 Å². The van der Waals surface area contributed by atoms with E-state index in [4.69, 9.17) is 23.7 Å². The van der Waals surface area contributed by atoms with E-state index in [0.717, 1.165) is 12.0 Å². The van der Waals surface area contributed by atoms with E-state index in [1.807, 2.05) is 13.8 Å². The fourth-order valence-corrected chi connectivity index (χ4v) is 5.08. The number of esters is 4. The van der Waals surface area contributed by atoms with Crippen LogP contribution < -0.4 is 0 Å². The molecule has 8 atom stereocenters. The summed E-state index contributed by atoms with van der Waals surface area (Å²) >= 11 is 0. The summed E-state index contributed by atoms with van der Waals surface area (Å²) in [6, 6.07) is 0. The van der Waals surface area contributed by atoms with Crippen LogP contribution in [-0.4, -0.2) is 70.2 Å². The summed E-state index contributed by atoms with van der Waals surface area (Å²) in [6.07, 6.45) is 3.27. The smallest absolute Gasteiger partial charge is 0.351 e. The van der Waals surface area contributed by atoms with Crippen LogP contribution in [-0.2, 0) is 42.9 Å². The second-order valence-corrected chi connectivity index (χ2v) is 11.6. The van der Waals surface area contributed by atoms with Gasteiger partial charge in [-0.2, -0.15) is 0 Å². The number of aliphatic hydroxyl groups is 1.